The van der Waals surface area contributed by atoms with Crippen LogP contribution < -0.4 is 10.1 Å². The molecule has 1 aromatic carbocycles. The van der Waals surface area contributed by atoms with Gasteiger partial charge in [0.25, 0.3) is 0 Å². The third-order valence-corrected chi connectivity index (χ3v) is 6.34. The maximum absolute atomic E-state index is 12.1. The second-order valence-corrected chi connectivity index (χ2v) is 8.55. The van der Waals surface area contributed by atoms with Crippen LogP contribution in [0.15, 0.2) is 34.5 Å². The molecule has 0 aliphatic carbocycles. The van der Waals surface area contributed by atoms with Crippen LogP contribution in [0.2, 0.25) is 9.36 Å². The summed E-state index contributed by atoms with van der Waals surface area (Å²) >= 11 is 12.6. The first kappa shape index (κ1) is 17.1. The molecule has 5 nitrogen and oxygen atoms in total. The summed E-state index contributed by atoms with van der Waals surface area (Å²) in [5.74, 6) is -0.876. The van der Waals surface area contributed by atoms with Crippen LogP contribution in [0.3, 0.4) is 0 Å². The van der Waals surface area contributed by atoms with Gasteiger partial charge in [0, 0.05) is 5.69 Å². The predicted molar refractivity (Wildman–Crippen MR) is 88.0 cm³/mol. The molecular weight excluding hydrogens is 369 g/mol. The number of halogens is 2. The minimum Gasteiger partial charge on any atom is -0.495 e. The number of methoxy groups -OCH3 is 1. The molecule has 2 aromatic rings. The van der Waals surface area contributed by atoms with Gasteiger partial charge < -0.3 is 10.1 Å². The zero-order chi connectivity index (χ0) is 16.3. The molecule has 2 rings (SSSR count). The molecule has 0 aliphatic heterocycles. The number of rotatable bonds is 5. The zero-order valence-electron chi connectivity index (χ0n) is 11.3. The number of benzene rings is 1. The molecule has 0 unspecified atom stereocenters. The van der Waals surface area contributed by atoms with Crippen molar-refractivity contribution >= 4 is 56.0 Å². The molecule has 0 saturated heterocycles. The molecule has 1 amide bonds. The summed E-state index contributed by atoms with van der Waals surface area (Å²) in [6.07, 6.45) is 0. The van der Waals surface area contributed by atoms with Crippen molar-refractivity contribution in [2.24, 2.45) is 0 Å². The molecule has 1 N–H and O–H groups in total. The van der Waals surface area contributed by atoms with E-state index < -0.39 is 21.5 Å². The Morgan fingerprint density at radius 1 is 1.27 bits per heavy atom. The Labute approximate surface area is 141 Å². The molecule has 1 heterocycles. The van der Waals surface area contributed by atoms with Gasteiger partial charge >= 0.3 is 0 Å². The quantitative estimate of drug-likeness (QED) is 0.862. The Kier molecular flexibility index (Phi) is 5.33. The number of hydrogen-bond acceptors (Lipinski definition) is 5. The van der Waals surface area contributed by atoms with Gasteiger partial charge in [0.1, 0.15) is 15.7 Å². The first-order chi connectivity index (χ1) is 10.3. The summed E-state index contributed by atoms with van der Waals surface area (Å²) < 4.78 is 29.5. The van der Waals surface area contributed by atoms with Crippen LogP contribution in [0.4, 0.5) is 5.69 Å². The number of carbonyl (C=O) groups is 1. The molecule has 0 aliphatic rings. The van der Waals surface area contributed by atoms with E-state index in [9.17, 15) is 13.2 Å². The zero-order valence-corrected chi connectivity index (χ0v) is 14.4. The van der Waals surface area contributed by atoms with Gasteiger partial charge in [-0.05, 0) is 30.3 Å². The van der Waals surface area contributed by atoms with Crippen LogP contribution >= 0.6 is 34.5 Å². The number of ether oxygens (including phenoxy) is 1. The summed E-state index contributed by atoms with van der Waals surface area (Å²) in [5, 5.41) is 2.79. The third-order valence-electron chi connectivity index (χ3n) is 2.61. The number of thiophene rings is 1. The Morgan fingerprint density at radius 3 is 2.55 bits per heavy atom. The minimum absolute atomic E-state index is 0.0559. The fraction of sp³-hybridized carbons (Fsp3) is 0.154. The lowest BCUT2D eigenvalue weighted by Crippen LogP contribution is -2.22. The van der Waals surface area contributed by atoms with E-state index in [0.717, 1.165) is 11.3 Å². The van der Waals surface area contributed by atoms with E-state index in [0.29, 0.717) is 20.8 Å². The van der Waals surface area contributed by atoms with Crippen molar-refractivity contribution in [3.63, 3.8) is 0 Å². The van der Waals surface area contributed by atoms with E-state index in [1.807, 2.05) is 0 Å². The molecule has 0 atom stereocenters. The number of amides is 1. The van der Waals surface area contributed by atoms with Gasteiger partial charge in [-0.3, -0.25) is 4.79 Å². The predicted octanol–water partition coefficient (Wildman–Crippen LogP) is 3.48. The van der Waals surface area contributed by atoms with E-state index in [2.05, 4.69) is 5.32 Å². The fourth-order valence-electron chi connectivity index (χ4n) is 1.65. The van der Waals surface area contributed by atoms with E-state index in [4.69, 9.17) is 27.9 Å². The number of hydrogen-bond donors (Lipinski definition) is 1. The minimum atomic E-state index is -3.72. The summed E-state index contributed by atoms with van der Waals surface area (Å²) in [6.45, 7) is 0. The Hall–Kier alpha value is -1.28. The molecule has 9 heteroatoms. The maximum Gasteiger partial charge on any atom is 0.239 e. The summed E-state index contributed by atoms with van der Waals surface area (Å²) in [5.41, 5.74) is 0.384. The lowest BCUT2D eigenvalue weighted by atomic mass is 10.3. The molecule has 0 fully saturated rings. The standard InChI is InChI=1S/C13H11Cl2NO4S2/c1-20-10-3-2-8(6-9(10)14)16-12(17)7-22(18,19)13-5-4-11(15)21-13/h2-6H,7H2,1H3,(H,16,17). The average Bonchev–Trinajstić information content (AvgIpc) is 2.86. The van der Waals surface area contributed by atoms with Crippen molar-refractivity contribution in [1.29, 1.82) is 0 Å². The van der Waals surface area contributed by atoms with Gasteiger partial charge in [0.2, 0.25) is 5.91 Å². The Balaban J connectivity index is 2.08. The SMILES string of the molecule is COc1ccc(NC(=O)CS(=O)(=O)c2ccc(Cl)s2)cc1Cl. The van der Waals surface area contributed by atoms with Gasteiger partial charge in [0.15, 0.2) is 9.84 Å². The molecule has 0 saturated carbocycles. The van der Waals surface area contributed by atoms with Gasteiger partial charge in [0.05, 0.1) is 16.5 Å². The molecule has 0 bridgehead atoms. The van der Waals surface area contributed by atoms with Crippen LogP contribution in [0, 0.1) is 0 Å². The topological polar surface area (TPSA) is 72.5 Å². The van der Waals surface area contributed by atoms with Gasteiger partial charge in [-0.2, -0.15) is 0 Å². The highest BCUT2D eigenvalue weighted by Crippen LogP contribution is 2.28. The van der Waals surface area contributed by atoms with Crippen LogP contribution in [-0.2, 0) is 14.6 Å². The van der Waals surface area contributed by atoms with Crippen molar-refractivity contribution in [2.45, 2.75) is 4.21 Å². The first-order valence-corrected chi connectivity index (χ1v) is 9.16. The fourth-order valence-corrected chi connectivity index (χ4v) is 4.61. The number of nitrogens with one attached hydrogen (secondary N) is 1. The third kappa shape index (κ3) is 4.13. The van der Waals surface area contributed by atoms with E-state index in [-0.39, 0.29) is 4.21 Å². The van der Waals surface area contributed by atoms with Crippen molar-refractivity contribution in [2.75, 3.05) is 18.2 Å². The summed E-state index contributed by atoms with van der Waals surface area (Å²) in [4.78, 5) is 11.9. The molecule has 118 valence electrons. The van der Waals surface area contributed by atoms with E-state index >= 15 is 0 Å². The van der Waals surface area contributed by atoms with Crippen molar-refractivity contribution in [3.8, 4) is 5.75 Å². The lowest BCUT2D eigenvalue weighted by Gasteiger charge is -2.08. The number of carbonyl (C=O) groups excluding carboxylic acids is 1. The summed E-state index contributed by atoms with van der Waals surface area (Å²) in [7, 11) is -2.25. The summed E-state index contributed by atoms with van der Waals surface area (Å²) in [6, 6.07) is 7.47. The number of anilines is 1. The van der Waals surface area contributed by atoms with Gasteiger partial charge in [-0.25, -0.2) is 8.42 Å². The van der Waals surface area contributed by atoms with Crippen LogP contribution in [0.1, 0.15) is 0 Å². The van der Waals surface area contributed by atoms with Crippen molar-refractivity contribution in [1.82, 2.24) is 0 Å². The average molecular weight is 380 g/mol. The van der Waals surface area contributed by atoms with E-state index in [1.165, 1.54) is 25.3 Å². The highest BCUT2D eigenvalue weighted by Gasteiger charge is 2.21. The van der Waals surface area contributed by atoms with Gasteiger partial charge in [-0.15, -0.1) is 11.3 Å². The second-order valence-electron chi connectivity index (χ2n) is 4.22. The van der Waals surface area contributed by atoms with Crippen molar-refractivity contribution < 1.29 is 17.9 Å². The highest BCUT2D eigenvalue weighted by molar-refractivity contribution is 7.94. The van der Waals surface area contributed by atoms with Crippen LogP contribution in [-0.4, -0.2) is 27.2 Å². The molecular formula is C13H11Cl2NO4S2. The van der Waals surface area contributed by atoms with Crippen LogP contribution in [0.25, 0.3) is 0 Å². The lowest BCUT2D eigenvalue weighted by molar-refractivity contribution is -0.113. The molecule has 0 radical (unpaired) electrons. The Morgan fingerprint density at radius 2 is 2.00 bits per heavy atom. The molecule has 1 aromatic heterocycles. The highest BCUT2D eigenvalue weighted by atomic mass is 35.5. The van der Waals surface area contributed by atoms with Crippen LogP contribution in [0.5, 0.6) is 5.75 Å². The Bertz CT molecular complexity index is 802. The largest absolute Gasteiger partial charge is 0.495 e. The second kappa shape index (κ2) is 6.87. The van der Waals surface area contributed by atoms with Crippen molar-refractivity contribution in [3.05, 3.63) is 39.7 Å². The normalized spacial score (nSPS) is 11.2. The number of sulfone groups is 1. The maximum atomic E-state index is 12.1. The smallest absolute Gasteiger partial charge is 0.239 e. The first-order valence-electron chi connectivity index (χ1n) is 5.93. The van der Waals surface area contributed by atoms with E-state index in [1.54, 1.807) is 12.1 Å². The molecule has 22 heavy (non-hydrogen) atoms. The monoisotopic (exact) mass is 379 g/mol. The van der Waals surface area contributed by atoms with Gasteiger partial charge in [-0.1, -0.05) is 23.2 Å². The molecule has 0 spiro atoms.